The lowest BCUT2D eigenvalue weighted by molar-refractivity contribution is -0.122. The van der Waals surface area contributed by atoms with Gasteiger partial charge in [0.25, 0.3) is 5.91 Å². The molecule has 1 atom stereocenters. The summed E-state index contributed by atoms with van der Waals surface area (Å²) in [4.78, 5) is 12.1. The van der Waals surface area contributed by atoms with Crippen LogP contribution < -0.4 is 10.1 Å². The van der Waals surface area contributed by atoms with Gasteiger partial charge in [-0.15, -0.1) is 10.2 Å². The molecule has 0 saturated carbocycles. The molecular weight excluding hydrogens is 348 g/mol. The molecule has 128 valence electrons. The van der Waals surface area contributed by atoms with Gasteiger partial charge in [-0.1, -0.05) is 41.7 Å². The van der Waals surface area contributed by atoms with Crippen molar-refractivity contribution in [3.8, 4) is 16.3 Å². The highest BCUT2D eigenvalue weighted by Crippen LogP contribution is 2.26. The van der Waals surface area contributed by atoms with Crippen molar-refractivity contribution in [3.63, 3.8) is 0 Å². The lowest BCUT2D eigenvalue weighted by Gasteiger charge is -2.13. The van der Waals surface area contributed by atoms with Crippen LogP contribution in [0.25, 0.3) is 10.6 Å². The SMILES string of the molecule is CC(Oc1ccc(F)c(F)c1)C(=O)Nc1nnc(-c2ccccc2)s1. The number of amides is 1. The van der Waals surface area contributed by atoms with Gasteiger partial charge in [-0.3, -0.25) is 10.1 Å². The third-order valence-corrected chi connectivity index (χ3v) is 4.14. The molecule has 0 fully saturated rings. The van der Waals surface area contributed by atoms with E-state index >= 15 is 0 Å². The minimum Gasteiger partial charge on any atom is -0.481 e. The van der Waals surface area contributed by atoms with E-state index in [-0.39, 0.29) is 5.75 Å². The minimum absolute atomic E-state index is 0.0591. The molecule has 8 heteroatoms. The number of carbonyl (C=O) groups is 1. The molecule has 0 saturated heterocycles. The summed E-state index contributed by atoms with van der Waals surface area (Å²) in [5, 5.41) is 11.5. The van der Waals surface area contributed by atoms with Crippen molar-refractivity contribution in [1.82, 2.24) is 10.2 Å². The molecule has 0 spiro atoms. The molecule has 0 radical (unpaired) electrons. The summed E-state index contributed by atoms with van der Waals surface area (Å²) in [6.45, 7) is 1.50. The lowest BCUT2D eigenvalue weighted by Crippen LogP contribution is -2.30. The molecule has 1 aromatic heterocycles. The van der Waals surface area contributed by atoms with Crippen molar-refractivity contribution in [2.75, 3.05) is 5.32 Å². The molecule has 0 bridgehead atoms. The van der Waals surface area contributed by atoms with Crippen molar-refractivity contribution in [1.29, 1.82) is 0 Å². The number of hydrogen-bond acceptors (Lipinski definition) is 5. The second-order valence-corrected chi connectivity index (χ2v) is 6.08. The zero-order chi connectivity index (χ0) is 17.8. The molecule has 5 nitrogen and oxygen atoms in total. The topological polar surface area (TPSA) is 64.1 Å². The highest BCUT2D eigenvalue weighted by molar-refractivity contribution is 7.18. The van der Waals surface area contributed by atoms with Gasteiger partial charge >= 0.3 is 0 Å². The van der Waals surface area contributed by atoms with Gasteiger partial charge in [0.05, 0.1) is 0 Å². The summed E-state index contributed by atoms with van der Waals surface area (Å²) in [6, 6.07) is 12.5. The first-order chi connectivity index (χ1) is 12.0. The van der Waals surface area contributed by atoms with Crippen molar-refractivity contribution in [2.45, 2.75) is 13.0 Å². The first-order valence-corrected chi connectivity index (χ1v) is 8.16. The molecule has 25 heavy (non-hydrogen) atoms. The standard InChI is InChI=1S/C17H13F2N3O2S/c1-10(24-12-7-8-13(18)14(19)9-12)15(23)20-17-22-21-16(25-17)11-5-3-2-4-6-11/h2-10H,1H3,(H,20,22,23). The Labute approximate surface area is 146 Å². The summed E-state index contributed by atoms with van der Waals surface area (Å²) < 4.78 is 31.4. The van der Waals surface area contributed by atoms with Gasteiger partial charge in [0.2, 0.25) is 5.13 Å². The maximum atomic E-state index is 13.2. The van der Waals surface area contributed by atoms with Crippen LogP contribution in [0.4, 0.5) is 13.9 Å². The summed E-state index contributed by atoms with van der Waals surface area (Å²) in [5.74, 6) is -2.43. The van der Waals surface area contributed by atoms with Crippen LogP contribution in [0.2, 0.25) is 0 Å². The Morgan fingerprint density at radius 1 is 1.12 bits per heavy atom. The number of hydrogen-bond donors (Lipinski definition) is 1. The lowest BCUT2D eigenvalue weighted by atomic mass is 10.2. The van der Waals surface area contributed by atoms with Crippen molar-refractivity contribution >= 4 is 22.4 Å². The average molecular weight is 361 g/mol. The Balaban J connectivity index is 1.63. The van der Waals surface area contributed by atoms with Gasteiger partial charge in [-0.2, -0.15) is 0 Å². The summed E-state index contributed by atoms with van der Waals surface area (Å²) >= 11 is 1.22. The van der Waals surface area contributed by atoms with E-state index in [9.17, 15) is 13.6 Å². The summed E-state index contributed by atoms with van der Waals surface area (Å²) in [6.07, 6.45) is -0.922. The monoisotopic (exact) mass is 361 g/mol. The van der Waals surface area contributed by atoms with Crippen LogP contribution >= 0.6 is 11.3 Å². The van der Waals surface area contributed by atoms with Crippen molar-refractivity contribution in [2.24, 2.45) is 0 Å². The Kier molecular flexibility index (Phi) is 4.99. The quantitative estimate of drug-likeness (QED) is 0.749. The fourth-order valence-corrected chi connectivity index (χ4v) is 2.74. The number of nitrogens with zero attached hydrogens (tertiary/aromatic N) is 2. The number of ether oxygens (including phenoxy) is 1. The van der Waals surface area contributed by atoms with E-state index < -0.39 is 23.6 Å². The van der Waals surface area contributed by atoms with Gasteiger partial charge < -0.3 is 4.74 Å². The van der Waals surface area contributed by atoms with E-state index in [4.69, 9.17) is 4.74 Å². The predicted molar refractivity (Wildman–Crippen MR) is 90.4 cm³/mol. The molecule has 1 heterocycles. The van der Waals surface area contributed by atoms with Crippen LogP contribution in [0.1, 0.15) is 6.92 Å². The summed E-state index contributed by atoms with van der Waals surface area (Å²) in [5.41, 5.74) is 0.895. The molecule has 1 amide bonds. The maximum absolute atomic E-state index is 13.2. The van der Waals surface area contributed by atoms with Crippen molar-refractivity contribution < 1.29 is 18.3 Å². The number of halogens is 2. The molecule has 0 aliphatic carbocycles. The third kappa shape index (κ3) is 4.16. The van der Waals surface area contributed by atoms with Crippen LogP contribution in [-0.2, 0) is 4.79 Å². The van der Waals surface area contributed by atoms with Crippen LogP contribution in [0.3, 0.4) is 0 Å². The van der Waals surface area contributed by atoms with E-state index in [2.05, 4.69) is 15.5 Å². The van der Waals surface area contributed by atoms with Gasteiger partial charge in [-0.25, -0.2) is 8.78 Å². The number of carbonyl (C=O) groups excluding carboxylic acids is 1. The van der Waals surface area contributed by atoms with E-state index in [1.165, 1.54) is 24.3 Å². The van der Waals surface area contributed by atoms with Crippen molar-refractivity contribution in [3.05, 3.63) is 60.2 Å². The van der Waals surface area contributed by atoms with Crippen LogP contribution in [-0.4, -0.2) is 22.2 Å². The maximum Gasteiger partial charge on any atom is 0.266 e. The molecule has 2 aromatic carbocycles. The number of nitrogens with one attached hydrogen (secondary N) is 1. The van der Waals surface area contributed by atoms with Crippen LogP contribution in [0.5, 0.6) is 5.75 Å². The van der Waals surface area contributed by atoms with Gasteiger partial charge in [0.1, 0.15) is 10.8 Å². The smallest absolute Gasteiger partial charge is 0.266 e. The average Bonchev–Trinajstić information content (AvgIpc) is 3.07. The Hall–Kier alpha value is -2.87. The molecule has 3 rings (SSSR count). The predicted octanol–water partition coefficient (Wildman–Crippen LogP) is 3.89. The first-order valence-electron chi connectivity index (χ1n) is 7.34. The Morgan fingerprint density at radius 2 is 1.88 bits per heavy atom. The Bertz CT molecular complexity index is 887. The van der Waals surface area contributed by atoms with E-state index in [1.54, 1.807) is 0 Å². The van der Waals surface area contributed by atoms with Gasteiger partial charge in [0.15, 0.2) is 17.7 Å². The molecule has 0 aliphatic heterocycles. The minimum atomic E-state index is -1.04. The molecule has 1 unspecified atom stereocenters. The zero-order valence-electron chi connectivity index (χ0n) is 13.1. The molecule has 0 aliphatic rings. The van der Waals surface area contributed by atoms with Crippen LogP contribution in [0.15, 0.2) is 48.5 Å². The number of aromatic nitrogens is 2. The molecule has 3 aromatic rings. The van der Waals surface area contributed by atoms with E-state index in [1.807, 2.05) is 30.3 Å². The normalized spacial score (nSPS) is 11.8. The second kappa shape index (κ2) is 7.35. The number of anilines is 1. The fraction of sp³-hybridized carbons (Fsp3) is 0.118. The number of rotatable bonds is 5. The first kappa shape index (κ1) is 17.0. The zero-order valence-corrected chi connectivity index (χ0v) is 13.9. The van der Waals surface area contributed by atoms with E-state index in [0.29, 0.717) is 10.1 Å². The largest absolute Gasteiger partial charge is 0.481 e. The molecular formula is C17H13F2N3O2S. The Morgan fingerprint density at radius 3 is 2.60 bits per heavy atom. The van der Waals surface area contributed by atoms with E-state index in [0.717, 1.165) is 17.7 Å². The fourth-order valence-electron chi connectivity index (χ4n) is 1.99. The second-order valence-electron chi connectivity index (χ2n) is 5.10. The van der Waals surface area contributed by atoms with Gasteiger partial charge in [0, 0.05) is 11.6 Å². The third-order valence-electron chi connectivity index (χ3n) is 3.25. The van der Waals surface area contributed by atoms with Crippen LogP contribution in [0, 0.1) is 11.6 Å². The van der Waals surface area contributed by atoms with Gasteiger partial charge in [-0.05, 0) is 19.1 Å². The summed E-state index contributed by atoms with van der Waals surface area (Å²) in [7, 11) is 0. The number of benzene rings is 2. The highest BCUT2D eigenvalue weighted by atomic mass is 32.1. The highest BCUT2D eigenvalue weighted by Gasteiger charge is 2.18. The molecule has 1 N–H and O–H groups in total.